The minimum atomic E-state index is 0.513. The first-order chi connectivity index (χ1) is 13.2. The highest BCUT2D eigenvalue weighted by Crippen LogP contribution is 2.28. The van der Waals surface area contributed by atoms with E-state index in [1.807, 2.05) is 18.3 Å². The van der Waals surface area contributed by atoms with Gasteiger partial charge in [0.05, 0.1) is 5.52 Å². The third-order valence-corrected chi connectivity index (χ3v) is 5.45. The Balaban J connectivity index is 0.000000218. The molecule has 0 atom stereocenters. The number of rotatable bonds is 1. The molecule has 1 aliphatic carbocycles. The summed E-state index contributed by atoms with van der Waals surface area (Å²) in [6.45, 7) is 2.36. The molecule has 4 nitrogen and oxygen atoms in total. The van der Waals surface area contributed by atoms with Crippen LogP contribution in [0.15, 0.2) is 55.0 Å². The molecule has 0 saturated heterocycles. The molecule has 138 valence electrons. The molecular weight excluding hydrogens is 332 g/mol. The number of H-pyrrole nitrogens is 1. The highest BCUT2D eigenvalue weighted by Gasteiger charge is 2.06. The third kappa shape index (κ3) is 3.95. The second-order valence-corrected chi connectivity index (χ2v) is 7.51. The summed E-state index contributed by atoms with van der Waals surface area (Å²) in [6, 6.07) is 14.5. The number of nitrogens with zero attached hydrogens (tertiary/aromatic N) is 2. The Labute approximate surface area is 159 Å². The molecule has 2 heterocycles. The fraction of sp³-hybridized carbons (Fsp3) is 0.304. The van der Waals surface area contributed by atoms with Crippen LogP contribution in [0.1, 0.15) is 39.0 Å². The van der Waals surface area contributed by atoms with Gasteiger partial charge in [-0.2, -0.15) is 0 Å². The summed E-state index contributed by atoms with van der Waals surface area (Å²) in [5, 5.41) is 2.08. The van der Waals surface area contributed by atoms with Gasteiger partial charge in [0, 0.05) is 17.1 Å². The summed E-state index contributed by atoms with van der Waals surface area (Å²) in [5.41, 5.74) is 10.2. The van der Waals surface area contributed by atoms with E-state index in [9.17, 15) is 0 Å². The zero-order valence-electron chi connectivity index (χ0n) is 15.8. The molecular formula is C23H26N4. The van der Waals surface area contributed by atoms with E-state index in [1.54, 1.807) is 0 Å². The molecule has 4 aromatic rings. The largest absolute Gasteiger partial charge is 0.383 e. The van der Waals surface area contributed by atoms with Crippen molar-refractivity contribution in [2.45, 2.75) is 39.0 Å². The number of nitrogens with two attached hydrogens (primary N) is 1. The summed E-state index contributed by atoms with van der Waals surface area (Å²) in [6.07, 6.45) is 10.9. The smallest absolute Gasteiger partial charge is 0.134 e. The van der Waals surface area contributed by atoms with E-state index in [-0.39, 0.29) is 0 Å². The molecule has 1 aliphatic rings. The molecule has 3 N–H and O–H groups in total. The van der Waals surface area contributed by atoms with Gasteiger partial charge in [-0.1, -0.05) is 51.2 Å². The molecule has 5 rings (SSSR count). The maximum Gasteiger partial charge on any atom is 0.134 e. The Morgan fingerprint density at radius 2 is 1.70 bits per heavy atom. The highest BCUT2D eigenvalue weighted by molar-refractivity contribution is 5.93. The van der Waals surface area contributed by atoms with Gasteiger partial charge in [0.2, 0.25) is 0 Å². The summed E-state index contributed by atoms with van der Waals surface area (Å²) >= 11 is 0. The van der Waals surface area contributed by atoms with Crippen LogP contribution in [-0.2, 0) is 0 Å². The van der Waals surface area contributed by atoms with Crippen molar-refractivity contribution in [3.05, 3.63) is 55.0 Å². The maximum absolute atomic E-state index is 5.92. The van der Waals surface area contributed by atoms with Gasteiger partial charge in [-0.3, -0.25) is 0 Å². The van der Waals surface area contributed by atoms with Gasteiger partial charge in [0.1, 0.15) is 12.1 Å². The number of anilines is 1. The Morgan fingerprint density at radius 1 is 0.926 bits per heavy atom. The van der Waals surface area contributed by atoms with Crippen molar-refractivity contribution in [1.29, 1.82) is 0 Å². The number of aromatic amines is 1. The molecule has 0 radical (unpaired) electrons. The molecule has 0 bridgehead atoms. The first kappa shape index (κ1) is 17.5. The van der Waals surface area contributed by atoms with Gasteiger partial charge in [-0.05, 0) is 52.8 Å². The molecule has 1 fully saturated rings. The summed E-state index contributed by atoms with van der Waals surface area (Å²) in [7, 11) is 0. The predicted octanol–water partition coefficient (Wildman–Crippen LogP) is 5.95. The number of hydrogen-bond donors (Lipinski definition) is 2. The van der Waals surface area contributed by atoms with Crippen molar-refractivity contribution in [2.75, 3.05) is 5.73 Å². The minimum Gasteiger partial charge on any atom is -0.383 e. The van der Waals surface area contributed by atoms with E-state index in [4.69, 9.17) is 5.73 Å². The molecule has 0 unspecified atom stereocenters. The van der Waals surface area contributed by atoms with Crippen LogP contribution in [0.2, 0.25) is 0 Å². The van der Waals surface area contributed by atoms with E-state index in [0.717, 1.165) is 33.5 Å². The number of nitrogen functional groups attached to an aromatic ring is 1. The molecule has 27 heavy (non-hydrogen) atoms. The fourth-order valence-electron chi connectivity index (χ4n) is 3.80. The first-order valence-electron chi connectivity index (χ1n) is 9.78. The van der Waals surface area contributed by atoms with Crippen molar-refractivity contribution in [3.8, 4) is 11.1 Å². The van der Waals surface area contributed by atoms with Crippen LogP contribution >= 0.6 is 0 Å². The number of benzene rings is 2. The number of hydrogen-bond acceptors (Lipinski definition) is 3. The fourth-order valence-corrected chi connectivity index (χ4v) is 3.80. The molecule has 1 saturated carbocycles. The van der Waals surface area contributed by atoms with Crippen LogP contribution in [0, 0.1) is 5.92 Å². The highest BCUT2D eigenvalue weighted by atomic mass is 14.9. The SMILES string of the molecule is CC1CCCCC1.Nc1ncnc2ccc(-c3ccc4[nH]ccc4c3)cc12. The standard InChI is InChI=1S/C16H12N4.C7H14/c17-16-13-8-11(2-4-15(13)19-9-20-16)10-1-3-14-12(7-10)5-6-18-14;1-7-5-3-2-4-6-7/h1-9,18H,(H2,17,19,20);7H,2-6H2,1H3. The van der Waals surface area contributed by atoms with Crippen LogP contribution < -0.4 is 5.73 Å². The van der Waals surface area contributed by atoms with Gasteiger partial charge in [-0.25, -0.2) is 9.97 Å². The van der Waals surface area contributed by atoms with Crippen molar-refractivity contribution in [1.82, 2.24) is 15.0 Å². The van der Waals surface area contributed by atoms with Crippen LogP contribution in [0.3, 0.4) is 0 Å². The summed E-state index contributed by atoms with van der Waals surface area (Å²) in [4.78, 5) is 11.5. The number of fused-ring (bicyclic) bond motifs is 2. The van der Waals surface area contributed by atoms with Gasteiger partial charge in [0.15, 0.2) is 0 Å². The van der Waals surface area contributed by atoms with Gasteiger partial charge in [-0.15, -0.1) is 0 Å². The topological polar surface area (TPSA) is 67.6 Å². The van der Waals surface area contributed by atoms with E-state index >= 15 is 0 Å². The predicted molar refractivity (Wildman–Crippen MR) is 113 cm³/mol. The van der Waals surface area contributed by atoms with E-state index in [2.05, 4.69) is 52.2 Å². The van der Waals surface area contributed by atoms with Crippen LogP contribution in [0.25, 0.3) is 32.9 Å². The Morgan fingerprint density at radius 3 is 2.48 bits per heavy atom. The maximum atomic E-state index is 5.92. The first-order valence-corrected chi connectivity index (χ1v) is 9.78. The van der Waals surface area contributed by atoms with Crippen LogP contribution in [0.4, 0.5) is 5.82 Å². The molecule has 4 heteroatoms. The second-order valence-electron chi connectivity index (χ2n) is 7.51. The van der Waals surface area contributed by atoms with Crippen molar-refractivity contribution in [2.24, 2.45) is 5.92 Å². The van der Waals surface area contributed by atoms with Crippen molar-refractivity contribution in [3.63, 3.8) is 0 Å². The van der Waals surface area contributed by atoms with E-state index in [1.165, 1.54) is 43.8 Å². The van der Waals surface area contributed by atoms with Gasteiger partial charge >= 0.3 is 0 Å². The normalized spacial score (nSPS) is 14.9. The van der Waals surface area contributed by atoms with Crippen LogP contribution in [0.5, 0.6) is 0 Å². The van der Waals surface area contributed by atoms with Gasteiger partial charge in [0.25, 0.3) is 0 Å². The zero-order valence-corrected chi connectivity index (χ0v) is 15.8. The summed E-state index contributed by atoms with van der Waals surface area (Å²) in [5.74, 6) is 1.55. The van der Waals surface area contributed by atoms with E-state index in [0.29, 0.717) is 5.82 Å². The quantitative estimate of drug-likeness (QED) is 0.442. The van der Waals surface area contributed by atoms with Crippen molar-refractivity contribution < 1.29 is 0 Å². The monoisotopic (exact) mass is 358 g/mol. The average molecular weight is 358 g/mol. The lowest BCUT2D eigenvalue weighted by molar-refractivity contribution is 0.385. The Hall–Kier alpha value is -2.88. The third-order valence-electron chi connectivity index (χ3n) is 5.45. The molecule has 2 aromatic carbocycles. The number of aromatic nitrogens is 3. The lowest BCUT2D eigenvalue weighted by atomic mass is 9.91. The zero-order chi connectivity index (χ0) is 18.6. The lowest BCUT2D eigenvalue weighted by Gasteiger charge is -2.15. The Bertz CT molecular complexity index is 1040. The average Bonchev–Trinajstić information content (AvgIpc) is 3.17. The van der Waals surface area contributed by atoms with Gasteiger partial charge < -0.3 is 10.7 Å². The molecule has 0 aliphatic heterocycles. The molecule has 2 aromatic heterocycles. The summed E-state index contributed by atoms with van der Waals surface area (Å²) < 4.78 is 0. The minimum absolute atomic E-state index is 0.513. The second kappa shape index (κ2) is 7.78. The molecule has 0 amide bonds. The molecule has 0 spiro atoms. The van der Waals surface area contributed by atoms with Crippen LogP contribution in [-0.4, -0.2) is 15.0 Å². The lowest BCUT2D eigenvalue weighted by Crippen LogP contribution is -1.99. The van der Waals surface area contributed by atoms with E-state index < -0.39 is 0 Å². The number of nitrogens with one attached hydrogen (secondary N) is 1. The van der Waals surface area contributed by atoms with Crippen molar-refractivity contribution >= 4 is 27.6 Å². The Kier molecular flexibility index (Phi) is 5.05.